The first-order chi connectivity index (χ1) is 13.6. The molecule has 0 aliphatic carbocycles. The van der Waals surface area contributed by atoms with E-state index >= 15 is 0 Å². The van der Waals surface area contributed by atoms with Gasteiger partial charge < -0.3 is 5.41 Å². The van der Waals surface area contributed by atoms with Gasteiger partial charge >= 0.3 is 0 Å². The third-order valence-corrected chi connectivity index (χ3v) is 4.17. The zero-order chi connectivity index (χ0) is 20.1. The molecule has 0 amide bonds. The van der Waals surface area contributed by atoms with E-state index in [4.69, 9.17) is 5.41 Å². The summed E-state index contributed by atoms with van der Waals surface area (Å²) < 4.78 is 14.4. The molecule has 2 heterocycles. The topological polar surface area (TPSA) is 62.0 Å². The Balaban J connectivity index is 2.38. The molecular weight excluding hydrogens is 351 g/mol. The normalized spacial score (nSPS) is 12.1. The summed E-state index contributed by atoms with van der Waals surface area (Å²) in [6.07, 6.45) is 5.88. The van der Waals surface area contributed by atoms with Crippen molar-refractivity contribution in [3.63, 3.8) is 0 Å². The highest BCUT2D eigenvalue weighted by atomic mass is 19.1. The van der Waals surface area contributed by atoms with Crippen molar-refractivity contribution >= 4 is 23.0 Å². The molecule has 1 aromatic carbocycles. The number of aromatic nitrogens is 2. The van der Waals surface area contributed by atoms with Crippen LogP contribution >= 0.6 is 0 Å². The molecule has 0 fully saturated rings. The van der Waals surface area contributed by atoms with Crippen LogP contribution < -0.4 is 0 Å². The van der Waals surface area contributed by atoms with E-state index in [9.17, 15) is 4.39 Å². The van der Waals surface area contributed by atoms with Gasteiger partial charge in [-0.05, 0) is 48.9 Å². The van der Waals surface area contributed by atoms with Gasteiger partial charge in [0.2, 0.25) is 0 Å². The van der Waals surface area contributed by atoms with E-state index in [2.05, 4.69) is 28.1 Å². The lowest BCUT2D eigenvalue weighted by atomic mass is 9.94. The van der Waals surface area contributed by atoms with Crippen LogP contribution in [0.5, 0.6) is 0 Å². The van der Waals surface area contributed by atoms with Crippen molar-refractivity contribution in [2.24, 2.45) is 4.99 Å². The number of hydrogen-bond acceptors (Lipinski definition) is 4. The summed E-state index contributed by atoms with van der Waals surface area (Å²) in [5, 5.41) is 8.25. The number of pyridine rings is 2. The molecule has 1 N–H and O–H groups in total. The van der Waals surface area contributed by atoms with E-state index < -0.39 is 0 Å². The minimum atomic E-state index is -0.367. The largest absolute Gasteiger partial charge is 0.309 e. The van der Waals surface area contributed by atoms with Crippen LogP contribution in [0.15, 0.2) is 90.2 Å². The van der Waals surface area contributed by atoms with Gasteiger partial charge in [-0.1, -0.05) is 25.3 Å². The lowest BCUT2D eigenvalue weighted by Gasteiger charge is -2.14. The minimum Gasteiger partial charge on any atom is -0.309 e. The monoisotopic (exact) mass is 370 g/mol. The second-order valence-corrected chi connectivity index (χ2v) is 6.10. The first-order valence-electron chi connectivity index (χ1n) is 8.63. The molecule has 138 valence electrons. The third kappa shape index (κ3) is 3.69. The molecule has 0 saturated heterocycles. The number of hydrogen-bond donors (Lipinski definition) is 1. The average molecular weight is 370 g/mol. The summed E-state index contributed by atoms with van der Waals surface area (Å²) in [6, 6.07) is 11.9. The molecule has 0 saturated carbocycles. The number of benzene rings is 1. The molecule has 3 aromatic rings. The van der Waals surface area contributed by atoms with Crippen molar-refractivity contribution in [1.82, 2.24) is 9.97 Å². The number of rotatable bonds is 6. The molecule has 0 unspecified atom stereocenters. The van der Waals surface area contributed by atoms with Crippen LogP contribution in [0.3, 0.4) is 0 Å². The molecule has 5 heteroatoms. The Bertz CT molecular complexity index is 1140. The van der Waals surface area contributed by atoms with Gasteiger partial charge in [-0.15, -0.1) is 0 Å². The Morgan fingerprint density at radius 2 is 2.00 bits per heavy atom. The smallest absolute Gasteiger partial charge is 0.160 e. The van der Waals surface area contributed by atoms with Crippen molar-refractivity contribution in [2.75, 3.05) is 0 Å². The summed E-state index contributed by atoms with van der Waals surface area (Å²) in [6.45, 7) is 9.55. The Morgan fingerprint density at radius 1 is 1.21 bits per heavy atom. The lowest BCUT2D eigenvalue weighted by Crippen LogP contribution is -2.09. The highest BCUT2D eigenvalue weighted by Crippen LogP contribution is 2.28. The van der Waals surface area contributed by atoms with E-state index in [1.54, 1.807) is 36.5 Å². The highest BCUT2D eigenvalue weighted by Gasteiger charge is 2.17. The number of aliphatic imine (C=N–C) groups is 1. The molecule has 0 bridgehead atoms. The predicted octanol–water partition coefficient (Wildman–Crippen LogP) is 5.52. The molecule has 0 aliphatic heterocycles. The fourth-order valence-corrected chi connectivity index (χ4v) is 2.94. The van der Waals surface area contributed by atoms with Crippen LogP contribution in [0.4, 0.5) is 4.39 Å². The van der Waals surface area contributed by atoms with Gasteiger partial charge in [0.05, 0.1) is 11.4 Å². The summed E-state index contributed by atoms with van der Waals surface area (Å²) in [4.78, 5) is 13.3. The van der Waals surface area contributed by atoms with Crippen LogP contribution in [-0.4, -0.2) is 21.9 Å². The van der Waals surface area contributed by atoms with Gasteiger partial charge in [0.25, 0.3) is 0 Å². The summed E-state index contributed by atoms with van der Waals surface area (Å²) in [5.74, 6) is -0.367. The molecule has 0 aliphatic rings. The van der Waals surface area contributed by atoms with Crippen molar-refractivity contribution in [1.29, 1.82) is 5.41 Å². The molecule has 0 spiro atoms. The van der Waals surface area contributed by atoms with Crippen LogP contribution in [0.1, 0.15) is 12.5 Å². The third-order valence-electron chi connectivity index (χ3n) is 4.17. The molecule has 3 rings (SSSR count). The quantitative estimate of drug-likeness (QED) is 0.459. The van der Waals surface area contributed by atoms with Gasteiger partial charge in [-0.2, -0.15) is 0 Å². The Labute approximate surface area is 163 Å². The fraction of sp³-hybridized carbons (Fsp3) is 0.0435. The SMILES string of the molecule is C=CN=C(/C(=C/C=N)C(=C)C)c1cc(-c2ccccc2F)nc2ncccc12. The van der Waals surface area contributed by atoms with Gasteiger partial charge in [-0.25, -0.2) is 14.4 Å². The van der Waals surface area contributed by atoms with Gasteiger partial charge in [0.15, 0.2) is 5.65 Å². The maximum atomic E-state index is 14.4. The summed E-state index contributed by atoms with van der Waals surface area (Å²) >= 11 is 0. The summed E-state index contributed by atoms with van der Waals surface area (Å²) in [5.41, 5.74) is 4.02. The van der Waals surface area contributed by atoms with Gasteiger partial charge in [-0.3, -0.25) is 4.99 Å². The molecule has 4 nitrogen and oxygen atoms in total. The molecular formula is C23H19FN4. The maximum absolute atomic E-state index is 14.4. The fourth-order valence-electron chi connectivity index (χ4n) is 2.94. The highest BCUT2D eigenvalue weighted by molar-refractivity contribution is 6.22. The minimum absolute atomic E-state index is 0.367. The molecule has 0 atom stereocenters. The van der Waals surface area contributed by atoms with Crippen LogP contribution in [0, 0.1) is 11.2 Å². The second kappa shape index (κ2) is 8.31. The Kier molecular flexibility index (Phi) is 5.65. The standard InChI is InChI=1S/C23H19FN4/c1-4-26-22(16(11-12-25)15(2)3)19-14-21(18-8-5-6-10-20(18)24)28-23-17(19)9-7-13-27-23/h4-14,25H,1-2H2,3H3/b16-11+,25-12?,26-22?. The number of halogens is 1. The van der Waals surface area contributed by atoms with Crippen molar-refractivity contribution in [2.45, 2.75) is 6.92 Å². The maximum Gasteiger partial charge on any atom is 0.160 e. The molecule has 28 heavy (non-hydrogen) atoms. The Hall–Kier alpha value is -3.73. The number of nitrogens with one attached hydrogen (secondary N) is 1. The zero-order valence-electron chi connectivity index (χ0n) is 15.5. The zero-order valence-corrected chi connectivity index (χ0v) is 15.5. The molecule has 0 radical (unpaired) electrons. The Morgan fingerprint density at radius 3 is 2.68 bits per heavy atom. The van der Waals surface area contributed by atoms with E-state index in [-0.39, 0.29) is 5.82 Å². The van der Waals surface area contributed by atoms with Crippen LogP contribution in [-0.2, 0) is 0 Å². The second-order valence-electron chi connectivity index (χ2n) is 6.10. The van der Waals surface area contributed by atoms with Gasteiger partial charge in [0, 0.05) is 40.7 Å². The van der Waals surface area contributed by atoms with Gasteiger partial charge in [0.1, 0.15) is 5.82 Å². The average Bonchev–Trinajstić information content (AvgIpc) is 2.70. The van der Waals surface area contributed by atoms with Crippen LogP contribution in [0.2, 0.25) is 0 Å². The van der Waals surface area contributed by atoms with Crippen molar-refractivity contribution in [3.8, 4) is 11.3 Å². The van der Waals surface area contributed by atoms with Crippen LogP contribution in [0.25, 0.3) is 22.3 Å². The lowest BCUT2D eigenvalue weighted by molar-refractivity contribution is 0.631. The first kappa shape index (κ1) is 19.0. The van der Waals surface area contributed by atoms with Crippen molar-refractivity contribution in [3.05, 3.63) is 96.6 Å². The van der Waals surface area contributed by atoms with E-state index in [1.807, 2.05) is 19.1 Å². The summed E-state index contributed by atoms with van der Waals surface area (Å²) in [7, 11) is 0. The van der Waals surface area contributed by atoms with E-state index in [0.29, 0.717) is 33.8 Å². The van der Waals surface area contributed by atoms with Crippen molar-refractivity contribution < 1.29 is 4.39 Å². The predicted molar refractivity (Wildman–Crippen MR) is 113 cm³/mol. The number of fused-ring (bicyclic) bond motifs is 1. The number of nitrogens with zero attached hydrogens (tertiary/aromatic N) is 3. The van der Waals surface area contributed by atoms with E-state index in [1.165, 1.54) is 18.5 Å². The first-order valence-corrected chi connectivity index (χ1v) is 8.63. The molecule has 2 aromatic heterocycles. The number of allylic oxidation sites excluding steroid dienone is 3. The van der Waals surface area contributed by atoms with E-state index in [0.717, 1.165) is 11.0 Å².